The fourth-order valence-electron chi connectivity index (χ4n) is 1.51. The van der Waals surface area contributed by atoms with Gasteiger partial charge in [0.25, 0.3) is 0 Å². The SMILES string of the molecule is CCCOC(=O)C(C)SCCCC(F)(F)C(F)(F)C(F)(F)C(F)(F)F. The fourth-order valence-corrected chi connectivity index (χ4v) is 2.38. The van der Waals surface area contributed by atoms with Crippen LogP contribution in [0.25, 0.3) is 0 Å². The third kappa shape index (κ3) is 5.85. The van der Waals surface area contributed by atoms with Crippen LogP contribution in [0, 0.1) is 0 Å². The normalized spacial score (nSPS) is 15.2. The van der Waals surface area contributed by atoms with Crippen LogP contribution in [0.5, 0.6) is 0 Å². The minimum atomic E-state index is -6.87. The number of alkyl halides is 9. The third-order valence-electron chi connectivity index (χ3n) is 2.99. The smallest absolute Gasteiger partial charge is 0.460 e. The van der Waals surface area contributed by atoms with Crippen LogP contribution in [-0.4, -0.2) is 47.5 Å². The zero-order valence-corrected chi connectivity index (χ0v) is 14.1. The van der Waals surface area contributed by atoms with E-state index < -0.39 is 48.0 Å². The van der Waals surface area contributed by atoms with E-state index in [-0.39, 0.29) is 12.4 Å². The zero-order chi connectivity index (χ0) is 20.1. The molecule has 0 aromatic carbocycles. The molecule has 0 amide bonds. The van der Waals surface area contributed by atoms with Gasteiger partial charge in [0.1, 0.15) is 0 Å². The van der Waals surface area contributed by atoms with E-state index in [1.165, 1.54) is 6.92 Å². The highest BCUT2D eigenvalue weighted by molar-refractivity contribution is 8.00. The fraction of sp³-hybridized carbons (Fsp3) is 0.923. The average molecular weight is 408 g/mol. The Bertz CT molecular complexity index is 438. The molecule has 0 saturated carbocycles. The van der Waals surface area contributed by atoms with E-state index in [2.05, 4.69) is 0 Å². The number of carbonyl (C=O) groups excluding carboxylic acids is 1. The van der Waals surface area contributed by atoms with Crippen molar-refractivity contribution < 1.29 is 49.0 Å². The van der Waals surface area contributed by atoms with Gasteiger partial charge in [-0.2, -0.15) is 39.5 Å². The molecule has 0 spiro atoms. The molecule has 0 heterocycles. The second-order valence-electron chi connectivity index (χ2n) is 5.14. The highest BCUT2D eigenvalue weighted by atomic mass is 32.2. The molecule has 2 nitrogen and oxygen atoms in total. The van der Waals surface area contributed by atoms with Crippen LogP contribution in [0.15, 0.2) is 0 Å². The van der Waals surface area contributed by atoms with E-state index in [1.807, 2.05) is 0 Å². The van der Waals surface area contributed by atoms with Gasteiger partial charge in [0, 0.05) is 6.42 Å². The number of rotatable bonds is 10. The number of thioether (sulfide) groups is 1. The first-order valence-electron chi connectivity index (χ1n) is 7.10. The third-order valence-corrected chi connectivity index (χ3v) is 4.21. The highest BCUT2D eigenvalue weighted by Crippen LogP contribution is 2.54. The topological polar surface area (TPSA) is 26.3 Å². The van der Waals surface area contributed by atoms with Crippen LogP contribution in [0.3, 0.4) is 0 Å². The first-order valence-corrected chi connectivity index (χ1v) is 8.15. The molecule has 12 heteroatoms. The molecule has 0 aromatic rings. The van der Waals surface area contributed by atoms with Crippen LogP contribution in [0.2, 0.25) is 0 Å². The van der Waals surface area contributed by atoms with Crippen molar-refractivity contribution in [2.45, 2.75) is 62.3 Å². The van der Waals surface area contributed by atoms with Gasteiger partial charge < -0.3 is 4.74 Å². The van der Waals surface area contributed by atoms with Crippen molar-refractivity contribution in [1.82, 2.24) is 0 Å². The number of halogens is 9. The minimum absolute atomic E-state index is 0.126. The van der Waals surface area contributed by atoms with Gasteiger partial charge in [-0.3, -0.25) is 4.79 Å². The van der Waals surface area contributed by atoms with Crippen LogP contribution >= 0.6 is 11.8 Å². The second-order valence-corrected chi connectivity index (χ2v) is 6.58. The first kappa shape index (κ1) is 24.2. The summed E-state index contributed by atoms with van der Waals surface area (Å²) in [4.78, 5) is 11.4. The van der Waals surface area contributed by atoms with Crippen LogP contribution in [-0.2, 0) is 9.53 Å². The summed E-state index contributed by atoms with van der Waals surface area (Å²) >= 11 is 0.737. The summed E-state index contributed by atoms with van der Waals surface area (Å²) in [5.41, 5.74) is 0. The second kappa shape index (κ2) is 8.72. The molecule has 25 heavy (non-hydrogen) atoms. The molecule has 0 aliphatic rings. The number of carbonyl (C=O) groups is 1. The zero-order valence-electron chi connectivity index (χ0n) is 13.2. The quantitative estimate of drug-likeness (QED) is 0.278. The lowest BCUT2D eigenvalue weighted by atomic mass is 10.00. The molecule has 0 aromatic heterocycles. The summed E-state index contributed by atoms with van der Waals surface area (Å²) in [6.45, 7) is 3.21. The van der Waals surface area contributed by atoms with Gasteiger partial charge >= 0.3 is 29.9 Å². The summed E-state index contributed by atoms with van der Waals surface area (Å²) in [7, 11) is 0. The number of hydrogen-bond donors (Lipinski definition) is 0. The summed E-state index contributed by atoms with van der Waals surface area (Å²) in [6.07, 6.45) is -8.97. The Morgan fingerprint density at radius 2 is 1.52 bits per heavy atom. The van der Waals surface area contributed by atoms with Crippen molar-refractivity contribution >= 4 is 17.7 Å². The van der Waals surface area contributed by atoms with Crippen LogP contribution < -0.4 is 0 Å². The van der Waals surface area contributed by atoms with Gasteiger partial charge in [0.2, 0.25) is 0 Å². The lowest BCUT2D eigenvalue weighted by molar-refractivity contribution is -0.396. The average Bonchev–Trinajstić information content (AvgIpc) is 2.47. The molecule has 0 bridgehead atoms. The van der Waals surface area contributed by atoms with Crippen LogP contribution in [0.1, 0.15) is 33.1 Å². The van der Waals surface area contributed by atoms with Crippen molar-refractivity contribution in [2.24, 2.45) is 0 Å². The molecule has 0 rings (SSSR count). The lowest BCUT2D eigenvalue weighted by Gasteiger charge is -2.33. The summed E-state index contributed by atoms with van der Waals surface area (Å²) in [5, 5.41) is -0.822. The summed E-state index contributed by atoms with van der Waals surface area (Å²) in [5.74, 6) is -20.0. The molecule has 0 fully saturated rings. The lowest BCUT2D eigenvalue weighted by Crippen LogP contribution is -2.60. The number of ether oxygens (including phenoxy) is 1. The first-order chi connectivity index (χ1) is 11.1. The minimum Gasteiger partial charge on any atom is -0.465 e. The molecule has 1 unspecified atom stereocenters. The van der Waals surface area contributed by atoms with E-state index in [0.29, 0.717) is 6.42 Å². The molecule has 0 N–H and O–H groups in total. The predicted molar refractivity (Wildman–Crippen MR) is 73.3 cm³/mol. The van der Waals surface area contributed by atoms with E-state index >= 15 is 0 Å². The molecule has 150 valence electrons. The monoisotopic (exact) mass is 408 g/mol. The van der Waals surface area contributed by atoms with Gasteiger partial charge in [-0.15, -0.1) is 11.8 Å². The van der Waals surface area contributed by atoms with Gasteiger partial charge in [0.05, 0.1) is 11.9 Å². The Balaban J connectivity index is 4.66. The predicted octanol–water partition coefficient (Wildman–Crippen LogP) is 5.31. The van der Waals surface area contributed by atoms with Crippen molar-refractivity contribution in [3.05, 3.63) is 0 Å². The Kier molecular flexibility index (Phi) is 8.44. The Hall–Kier alpha value is -0.810. The van der Waals surface area contributed by atoms with E-state index in [9.17, 15) is 44.3 Å². The van der Waals surface area contributed by atoms with Crippen molar-refractivity contribution in [3.8, 4) is 0 Å². The molecule has 1 atom stereocenters. The van der Waals surface area contributed by atoms with E-state index in [1.54, 1.807) is 6.92 Å². The van der Waals surface area contributed by atoms with E-state index in [4.69, 9.17) is 4.74 Å². The number of hydrogen-bond acceptors (Lipinski definition) is 3. The van der Waals surface area contributed by atoms with Crippen molar-refractivity contribution in [1.29, 1.82) is 0 Å². The molecular formula is C13H17F9O2S. The molecular weight excluding hydrogens is 391 g/mol. The Morgan fingerprint density at radius 3 is 1.96 bits per heavy atom. The molecule has 0 aliphatic carbocycles. The van der Waals surface area contributed by atoms with Gasteiger partial charge in [-0.1, -0.05) is 6.92 Å². The summed E-state index contributed by atoms with van der Waals surface area (Å²) in [6, 6.07) is 0. The Labute approximate surface area is 142 Å². The summed E-state index contributed by atoms with van der Waals surface area (Å²) < 4.78 is 118. The van der Waals surface area contributed by atoms with Crippen LogP contribution in [0.4, 0.5) is 39.5 Å². The Morgan fingerprint density at radius 1 is 1.00 bits per heavy atom. The molecule has 0 radical (unpaired) electrons. The van der Waals surface area contributed by atoms with Crippen molar-refractivity contribution in [3.63, 3.8) is 0 Å². The molecule has 0 aliphatic heterocycles. The number of esters is 1. The maximum Gasteiger partial charge on any atom is 0.460 e. The largest absolute Gasteiger partial charge is 0.465 e. The highest BCUT2D eigenvalue weighted by Gasteiger charge is 2.81. The standard InChI is InChI=1S/C13H17F9O2S/c1-3-6-24-9(23)8(2)25-7-4-5-10(14,15)11(16,17)12(18,19)13(20,21)22/h8H,3-7H2,1-2H3. The van der Waals surface area contributed by atoms with Crippen molar-refractivity contribution in [2.75, 3.05) is 12.4 Å². The van der Waals surface area contributed by atoms with E-state index in [0.717, 1.165) is 11.8 Å². The van der Waals surface area contributed by atoms with Gasteiger partial charge in [0.15, 0.2) is 0 Å². The van der Waals surface area contributed by atoms with Gasteiger partial charge in [-0.25, -0.2) is 0 Å². The molecule has 0 saturated heterocycles. The van der Waals surface area contributed by atoms with Gasteiger partial charge in [-0.05, 0) is 25.5 Å². The maximum absolute atomic E-state index is 13.2. The maximum atomic E-state index is 13.2.